The van der Waals surface area contributed by atoms with Crippen molar-refractivity contribution in [1.82, 2.24) is 4.90 Å². The summed E-state index contributed by atoms with van der Waals surface area (Å²) in [5, 5.41) is 0. The van der Waals surface area contributed by atoms with Gasteiger partial charge in [0.2, 0.25) is 5.91 Å². The van der Waals surface area contributed by atoms with Crippen LogP contribution in [0.5, 0.6) is 0 Å². The minimum absolute atomic E-state index is 0.148. The zero-order chi connectivity index (χ0) is 10.1. The molecule has 0 aliphatic carbocycles. The van der Waals surface area contributed by atoms with Gasteiger partial charge in [-0.3, -0.25) is 4.79 Å². The molecule has 0 bridgehead atoms. The maximum Gasteiger partial charge on any atom is 0.222 e. The Balaban J connectivity index is 3.12. The standard InChI is InChI=1S/C9H19NO3/c1-10(2)9(11)5-4-6-13-8-7-12-3/h4-8H2,1-3H3. The van der Waals surface area contributed by atoms with Gasteiger partial charge in [-0.05, 0) is 6.42 Å². The third-order valence-corrected chi connectivity index (χ3v) is 1.61. The summed E-state index contributed by atoms with van der Waals surface area (Å²) in [5.41, 5.74) is 0. The fourth-order valence-corrected chi connectivity index (χ4v) is 0.793. The number of methoxy groups -OCH3 is 1. The van der Waals surface area contributed by atoms with E-state index < -0.39 is 0 Å². The monoisotopic (exact) mass is 189 g/mol. The fourth-order valence-electron chi connectivity index (χ4n) is 0.793. The molecule has 0 aliphatic heterocycles. The number of nitrogens with zero attached hydrogens (tertiary/aromatic N) is 1. The Bertz CT molecular complexity index is 137. The van der Waals surface area contributed by atoms with E-state index in [2.05, 4.69) is 0 Å². The van der Waals surface area contributed by atoms with Crippen molar-refractivity contribution in [1.29, 1.82) is 0 Å². The molecule has 1 amide bonds. The molecule has 0 aliphatic rings. The molecule has 0 aromatic heterocycles. The average molecular weight is 189 g/mol. The first-order valence-electron chi connectivity index (χ1n) is 4.45. The van der Waals surface area contributed by atoms with E-state index in [-0.39, 0.29) is 5.91 Å². The van der Waals surface area contributed by atoms with E-state index >= 15 is 0 Å². The van der Waals surface area contributed by atoms with Crippen LogP contribution in [-0.4, -0.2) is 51.8 Å². The zero-order valence-corrected chi connectivity index (χ0v) is 8.71. The Morgan fingerprint density at radius 2 is 1.92 bits per heavy atom. The first-order valence-corrected chi connectivity index (χ1v) is 4.45. The van der Waals surface area contributed by atoms with Gasteiger partial charge in [-0.2, -0.15) is 0 Å². The van der Waals surface area contributed by atoms with Crippen molar-refractivity contribution in [2.24, 2.45) is 0 Å². The highest BCUT2D eigenvalue weighted by atomic mass is 16.5. The molecule has 0 unspecified atom stereocenters. The summed E-state index contributed by atoms with van der Waals surface area (Å²) in [4.78, 5) is 12.7. The van der Waals surface area contributed by atoms with E-state index in [0.29, 0.717) is 26.2 Å². The molecule has 4 nitrogen and oxygen atoms in total. The van der Waals surface area contributed by atoms with Crippen molar-refractivity contribution < 1.29 is 14.3 Å². The summed E-state index contributed by atoms with van der Waals surface area (Å²) in [5.74, 6) is 0.148. The Morgan fingerprint density at radius 3 is 2.46 bits per heavy atom. The molecule has 4 heteroatoms. The van der Waals surface area contributed by atoms with E-state index in [1.54, 1.807) is 26.1 Å². The van der Waals surface area contributed by atoms with Crippen LogP contribution in [-0.2, 0) is 14.3 Å². The second-order valence-corrected chi connectivity index (χ2v) is 3.00. The van der Waals surface area contributed by atoms with Crippen LogP contribution in [0.25, 0.3) is 0 Å². The van der Waals surface area contributed by atoms with Crippen molar-refractivity contribution >= 4 is 5.91 Å². The molecule has 0 radical (unpaired) electrons. The highest BCUT2D eigenvalue weighted by Crippen LogP contribution is 1.93. The maximum absolute atomic E-state index is 11.1. The largest absolute Gasteiger partial charge is 0.382 e. The predicted octanol–water partition coefficient (Wildman–Crippen LogP) is 0.518. The van der Waals surface area contributed by atoms with Gasteiger partial charge in [0.05, 0.1) is 13.2 Å². The molecule has 0 atom stereocenters. The van der Waals surface area contributed by atoms with Gasteiger partial charge in [0.1, 0.15) is 0 Å². The zero-order valence-electron chi connectivity index (χ0n) is 8.71. The molecule has 0 spiro atoms. The van der Waals surface area contributed by atoms with Crippen LogP contribution in [0.2, 0.25) is 0 Å². The van der Waals surface area contributed by atoms with Gasteiger partial charge in [0.15, 0.2) is 0 Å². The van der Waals surface area contributed by atoms with Crippen molar-refractivity contribution in [2.75, 3.05) is 41.0 Å². The molecule has 0 aromatic carbocycles. The lowest BCUT2D eigenvalue weighted by atomic mass is 10.3. The van der Waals surface area contributed by atoms with Gasteiger partial charge < -0.3 is 14.4 Å². The maximum atomic E-state index is 11.1. The number of amides is 1. The van der Waals surface area contributed by atoms with Crippen molar-refractivity contribution in [2.45, 2.75) is 12.8 Å². The molecule has 0 saturated carbocycles. The highest BCUT2D eigenvalue weighted by Gasteiger charge is 2.02. The molecule has 0 aromatic rings. The first kappa shape index (κ1) is 12.4. The number of ether oxygens (including phenoxy) is 2. The summed E-state index contributed by atoms with van der Waals surface area (Å²) in [6.07, 6.45) is 1.33. The van der Waals surface area contributed by atoms with Crippen LogP contribution in [0.15, 0.2) is 0 Å². The van der Waals surface area contributed by atoms with Crippen LogP contribution in [0.4, 0.5) is 0 Å². The summed E-state index contributed by atoms with van der Waals surface area (Å²) in [6.45, 7) is 1.84. The number of carbonyl (C=O) groups is 1. The third kappa shape index (κ3) is 7.74. The highest BCUT2D eigenvalue weighted by molar-refractivity contribution is 5.75. The lowest BCUT2D eigenvalue weighted by Gasteiger charge is -2.09. The number of rotatable bonds is 7. The molecule has 0 N–H and O–H groups in total. The number of carbonyl (C=O) groups excluding carboxylic acids is 1. The Hall–Kier alpha value is -0.610. The molecule has 0 rings (SSSR count). The summed E-state index contributed by atoms with van der Waals surface area (Å²) in [6, 6.07) is 0. The van der Waals surface area contributed by atoms with Crippen molar-refractivity contribution in [3.8, 4) is 0 Å². The van der Waals surface area contributed by atoms with Gasteiger partial charge in [0.25, 0.3) is 0 Å². The number of hydrogen-bond acceptors (Lipinski definition) is 3. The van der Waals surface area contributed by atoms with Gasteiger partial charge in [-0.15, -0.1) is 0 Å². The van der Waals surface area contributed by atoms with E-state index in [9.17, 15) is 4.79 Å². The predicted molar refractivity (Wildman–Crippen MR) is 50.6 cm³/mol. The van der Waals surface area contributed by atoms with E-state index in [1.807, 2.05) is 0 Å². The number of hydrogen-bond donors (Lipinski definition) is 0. The van der Waals surface area contributed by atoms with Crippen LogP contribution >= 0.6 is 0 Å². The minimum atomic E-state index is 0.148. The smallest absolute Gasteiger partial charge is 0.222 e. The van der Waals surface area contributed by atoms with Gasteiger partial charge in [-0.25, -0.2) is 0 Å². The minimum Gasteiger partial charge on any atom is -0.382 e. The van der Waals surface area contributed by atoms with Crippen LogP contribution in [0, 0.1) is 0 Å². The molecule has 0 saturated heterocycles. The molecule has 0 heterocycles. The topological polar surface area (TPSA) is 38.8 Å². The molecule has 13 heavy (non-hydrogen) atoms. The van der Waals surface area contributed by atoms with Crippen molar-refractivity contribution in [3.63, 3.8) is 0 Å². The van der Waals surface area contributed by atoms with Gasteiger partial charge >= 0.3 is 0 Å². The fraction of sp³-hybridized carbons (Fsp3) is 0.889. The lowest BCUT2D eigenvalue weighted by Crippen LogP contribution is -2.21. The van der Waals surface area contributed by atoms with Gasteiger partial charge in [0, 0.05) is 34.2 Å². The van der Waals surface area contributed by atoms with Crippen molar-refractivity contribution in [3.05, 3.63) is 0 Å². The summed E-state index contributed by atoms with van der Waals surface area (Å²) < 4.78 is 10.0. The average Bonchev–Trinajstić information content (AvgIpc) is 2.10. The summed E-state index contributed by atoms with van der Waals surface area (Å²) in [7, 11) is 5.15. The quantitative estimate of drug-likeness (QED) is 0.548. The molecule has 0 fully saturated rings. The Morgan fingerprint density at radius 1 is 1.23 bits per heavy atom. The second kappa shape index (κ2) is 8.01. The van der Waals surface area contributed by atoms with E-state index in [4.69, 9.17) is 9.47 Å². The lowest BCUT2D eigenvalue weighted by molar-refractivity contribution is -0.129. The Labute approximate surface area is 79.8 Å². The van der Waals surface area contributed by atoms with Crippen LogP contribution in [0.1, 0.15) is 12.8 Å². The second-order valence-electron chi connectivity index (χ2n) is 3.00. The van der Waals surface area contributed by atoms with Crippen LogP contribution in [0.3, 0.4) is 0 Å². The molecular weight excluding hydrogens is 170 g/mol. The van der Waals surface area contributed by atoms with Gasteiger partial charge in [-0.1, -0.05) is 0 Å². The molecular formula is C9H19NO3. The van der Waals surface area contributed by atoms with Crippen LogP contribution < -0.4 is 0 Å². The SMILES string of the molecule is COCCOCCCC(=O)N(C)C. The first-order chi connectivity index (χ1) is 6.18. The summed E-state index contributed by atoms with van der Waals surface area (Å²) >= 11 is 0. The van der Waals surface area contributed by atoms with E-state index in [0.717, 1.165) is 6.42 Å². The van der Waals surface area contributed by atoms with E-state index in [1.165, 1.54) is 0 Å². The Kier molecular flexibility index (Phi) is 7.63. The normalized spacial score (nSPS) is 10.1. The molecule has 78 valence electrons. The third-order valence-electron chi connectivity index (χ3n) is 1.61.